The number of nitrogens with zero attached hydrogens (tertiary/aromatic N) is 2. The minimum atomic E-state index is -0.668. The first-order valence-electron chi connectivity index (χ1n) is 8.65. The average Bonchev–Trinajstić information content (AvgIpc) is 3.42. The van der Waals surface area contributed by atoms with Crippen molar-refractivity contribution in [2.24, 2.45) is 0 Å². The maximum atomic E-state index is 12.9. The number of hydrogen-bond acceptors (Lipinski definition) is 7. The van der Waals surface area contributed by atoms with Crippen LogP contribution in [0.1, 0.15) is 10.6 Å². The second-order valence-electron chi connectivity index (χ2n) is 6.23. The summed E-state index contributed by atoms with van der Waals surface area (Å²) >= 11 is 2.98. The number of rotatable bonds is 5. The number of carbonyl (C=O) groups is 2. The van der Waals surface area contributed by atoms with E-state index in [-0.39, 0.29) is 18.6 Å². The zero-order valence-corrected chi connectivity index (χ0v) is 16.9. The van der Waals surface area contributed by atoms with Gasteiger partial charge >= 0.3 is 6.03 Å². The van der Waals surface area contributed by atoms with E-state index in [9.17, 15) is 14.4 Å². The fourth-order valence-electron chi connectivity index (χ4n) is 2.79. The molecule has 29 heavy (non-hydrogen) atoms. The van der Waals surface area contributed by atoms with Crippen LogP contribution in [0, 0.1) is 6.92 Å². The molecule has 4 aromatic heterocycles. The highest BCUT2D eigenvalue weighted by Crippen LogP contribution is 2.34. The first-order valence-corrected chi connectivity index (χ1v) is 10.3. The molecule has 4 rings (SSSR count). The van der Waals surface area contributed by atoms with Gasteiger partial charge in [0.05, 0.1) is 24.5 Å². The third-order valence-electron chi connectivity index (χ3n) is 4.14. The fraction of sp³-hybridized carbons (Fsp3) is 0.158. The molecule has 0 aliphatic rings. The van der Waals surface area contributed by atoms with E-state index in [1.165, 1.54) is 28.5 Å². The van der Waals surface area contributed by atoms with Gasteiger partial charge in [-0.3, -0.25) is 19.5 Å². The Hall–Kier alpha value is -3.24. The number of fused-ring (bicyclic) bond motifs is 1. The molecule has 0 radical (unpaired) electrons. The third-order valence-corrected chi connectivity index (χ3v) is 6.06. The monoisotopic (exact) mass is 428 g/mol. The molecule has 8 nitrogen and oxygen atoms in total. The van der Waals surface area contributed by atoms with Crippen LogP contribution in [0.15, 0.2) is 51.4 Å². The predicted molar refractivity (Wildman–Crippen MR) is 111 cm³/mol. The van der Waals surface area contributed by atoms with Crippen molar-refractivity contribution >= 4 is 44.8 Å². The van der Waals surface area contributed by atoms with Crippen LogP contribution in [-0.4, -0.2) is 21.5 Å². The minimum Gasteiger partial charge on any atom is -0.467 e. The van der Waals surface area contributed by atoms with E-state index < -0.39 is 11.9 Å². The van der Waals surface area contributed by atoms with Gasteiger partial charge in [-0.2, -0.15) is 0 Å². The topological polar surface area (TPSA) is 106 Å². The van der Waals surface area contributed by atoms with E-state index in [0.29, 0.717) is 16.0 Å². The standard InChI is InChI=1S/C19H16N4O4S2/c1-11-4-5-14(29-11)13-9-28-17-16(13)18(25)23(10-21-17)8-15(24)22-19(26)20-7-12-3-2-6-27-12/h2-6,9-10H,7-8H2,1H3,(H2,20,22,24,26). The highest BCUT2D eigenvalue weighted by atomic mass is 32.1. The van der Waals surface area contributed by atoms with Crippen LogP contribution in [0.3, 0.4) is 0 Å². The molecule has 4 aromatic rings. The molecule has 0 aliphatic heterocycles. The lowest BCUT2D eigenvalue weighted by Gasteiger charge is -2.07. The van der Waals surface area contributed by atoms with Gasteiger partial charge in [0.1, 0.15) is 17.1 Å². The summed E-state index contributed by atoms with van der Waals surface area (Å²) in [5.74, 6) is -0.0544. The molecule has 0 aliphatic carbocycles. The smallest absolute Gasteiger partial charge is 0.321 e. The molecule has 0 unspecified atom stereocenters. The van der Waals surface area contributed by atoms with Gasteiger partial charge in [0.15, 0.2) is 0 Å². The van der Waals surface area contributed by atoms with Crippen molar-refractivity contribution in [3.8, 4) is 10.4 Å². The van der Waals surface area contributed by atoms with Crippen LogP contribution in [0.5, 0.6) is 0 Å². The number of nitrogens with one attached hydrogen (secondary N) is 2. The van der Waals surface area contributed by atoms with Crippen molar-refractivity contribution in [1.82, 2.24) is 20.2 Å². The molecule has 0 fully saturated rings. The summed E-state index contributed by atoms with van der Waals surface area (Å²) in [6.45, 7) is 1.84. The SMILES string of the molecule is Cc1ccc(-c2csc3ncn(CC(=O)NC(=O)NCc4ccco4)c(=O)c23)s1. The van der Waals surface area contributed by atoms with Crippen molar-refractivity contribution in [3.63, 3.8) is 0 Å². The van der Waals surface area contributed by atoms with E-state index >= 15 is 0 Å². The highest BCUT2D eigenvalue weighted by Gasteiger charge is 2.16. The lowest BCUT2D eigenvalue weighted by molar-refractivity contribution is -0.120. The Balaban J connectivity index is 1.49. The van der Waals surface area contributed by atoms with Crippen LogP contribution in [0.4, 0.5) is 4.79 Å². The molecule has 10 heteroatoms. The molecular formula is C19H16N4O4S2. The van der Waals surface area contributed by atoms with Crippen molar-refractivity contribution in [3.05, 3.63) is 63.2 Å². The van der Waals surface area contributed by atoms with Crippen LogP contribution in [0.2, 0.25) is 0 Å². The second-order valence-corrected chi connectivity index (χ2v) is 8.37. The summed E-state index contributed by atoms with van der Waals surface area (Å²) in [7, 11) is 0. The quantitative estimate of drug-likeness (QED) is 0.508. The van der Waals surface area contributed by atoms with Crippen LogP contribution >= 0.6 is 22.7 Å². The van der Waals surface area contributed by atoms with E-state index in [2.05, 4.69) is 15.6 Å². The largest absolute Gasteiger partial charge is 0.467 e. The number of aryl methyl sites for hydroxylation is 1. The van der Waals surface area contributed by atoms with Gasteiger partial charge < -0.3 is 9.73 Å². The summed E-state index contributed by atoms with van der Waals surface area (Å²) < 4.78 is 6.31. The molecule has 0 aromatic carbocycles. The molecule has 4 heterocycles. The normalized spacial score (nSPS) is 10.9. The van der Waals surface area contributed by atoms with Gasteiger partial charge in [-0.15, -0.1) is 22.7 Å². The molecule has 3 amide bonds. The number of thiophene rings is 2. The molecule has 148 valence electrons. The molecule has 0 bridgehead atoms. The van der Waals surface area contributed by atoms with Crippen LogP contribution in [0.25, 0.3) is 20.7 Å². The maximum absolute atomic E-state index is 12.9. The summed E-state index contributed by atoms with van der Waals surface area (Å²) in [6.07, 6.45) is 2.82. The Labute approximate surface area is 172 Å². The summed E-state index contributed by atoms with van der Waals surface area (Å²) in [6, 6.07) is 6.70. The highest BCUT2D eigenvalue weighted by molar-refractivity contribution is 7.19. The van der Waals surface area contributed by atoms with E-state index in [1.54, 1.807) is 23.5 Å². The number of carbonyl (C=O) groups excluding carboxylic acids is 2. The predicted octanol–water partition coefficient (Wildman–Crippen LogP) is 3.11. The Bertz CT molecular complexity index is 1240. The van der Waals surface area contributed by atoms with Crippen molar-refractivity contribution in [1.29, 1.82) is 0 Å². The summed E-state index contributed by atoms with van der Waals surface area (Å²) in [5.41, 5.74) is 0.495. The van der Waals surface area contributed by atoms with Crippen molar-refractivity contribution in [2.75, 3.05) is 0 Å². The molecule has 0 saturated carbocycles. The third kappa shape index (κ3) is 4.13. The van der Waals surface area contributed by atoms with Crippen molar-refractivity contribution in [2.45, 2.75) is 20.0 Å². The number of amides is 3. The van der Waals surface area contributed by atoms with Crippen LogP contribution in [-0.2, 0) is 17.9 Å². The van der Waals surface area contributed by atoms with Gasteiger partial charge in [-0.1, -0.05) is 0 Å². The number of hydrogen-bond donors (Lipinski definition) is 2. The molecular weight excluding hydrogens is 412 g/mol. The van der Waals surface area contributed by atoms with E-state index in [4.69, 9.17) is 4.42 Å². The number of aromatic nitrogens is 2. The lowest BCUT2D eigenvalue weighted by Crippen LogP contribution is -2.41. The average molecular weight is 428 g/mol. The minimum absolute atomic E-state index is 0.151. The Morgan fingerprint density at radius 2 is 2.14 bits per heavy atom. The molecule has 2 N–H and O–H groups in total. The van der Waals surface area contributed by atoms with Gasteiger partial charge in [0, 0.05) is 20.7 Å². The van der Waals surface area contributed by atoms with Crippen molar-refractivity contribution < 1.29 is 14.0 Å². The summed E-state index contributed by atoms with van der Waals surface area (Å²) in [5, 5.41) is 7.09. The summed E-state index contributed by atoms with van der Waals surface area (Å²) in [4.78, 5) is 44.0. The zero-order valence-electron chi connectivity index (χ0n) is 15.3. The molecule has 0 spiro atoms. The van der Waals surface area contributed by atoms with Gasteiger partial charge in [-0.25, -0.2) is 9.78 Å². The van der Waals surface area contributed by atoms with Gasteiger partial charge in [0.25, 0.3) is 5.56 Å². The van der Waals surface area contributed by atoms with Gasteiger partial charge in [-0.05, 0) is 31.2 Å². The lowest BCUT2D eigenvalue weighted by atomic mass is 10.2. The van der Waals surface area contributed by atoms with E-state index in [1.807, 2.05) is 24.4 Å². The first kappa shape index (κ1) is 19.1. The van der Waals surface area contributed by atoms with E-state index in [0.717, 1.165) is 15.3 Å². The fourth-order valence-corrected chi connectivity index (χ4v) is 4.65. The Morgan fingerprint density at radius 3 is 2.86 bits per heavy atom. The first-order chi connectivity index (χ1) is 14.0. The number of furan rings is 1. The number of urea groups is 1. The zero-order chi connectivity index (χ0) is 20.4. The second kappa shape index (κ2) is 8.02. The Kier molecular flexibility index (Phi) is 5.28. The van der Waals surface area contributed by atoms with Gasteiger partial charge in [0.2, 0.25) is 5.91 Å². The Morgan fingerprint density at radius 1 is 1.28 bits per heavy atom. The molecule has 0 saturated heterocycles. The molecule has 0 atom stereocenters. The van der Waals surface area contributed by atoms with Crippen LogP contribution < -0.4 is 16.2 Å². The number of imide groups is 1. The maximum Gasteiger partial charge on any atom is 0.321 e.